The number of thiophene rings is 1. The summed E-state index contributed by atoms with van der Waals surface area (Å²) in [5, 5.41) is 1.30. The number of carbonyl (C=O) groups excluding carboxylic acids is 2. The van der Waals surface area contributed by atoms with Gasteiger partial charge in [-0.3, -0.25) is 4.79 Å². The minimum absolute atomic E-state index is 0.230. The number of hydrogen-bond acceptors (Lipinski definition) is 5. The molecule has 0 atom stereocenters. The molecular weight excluding hydrogens is 348 g/mol. The molecule has 0 amide bonds. The predicted octanol–water partition coefficient (Wildman–Crippen LogP) is 4.25. The van der Waals surface area contributed by atoms with Gasteiger partial charge in [0.25, 0.3) is 0 Å². The van der Waals surface area contributed by atoms with Gasteiger partial charge in [0.15, 0.2) is 12.0 Å². The average Bonchev–Trinajstić information content (AvgIpc) is 3.07. The maximum absolute atomic E-state index is 12.1. The number of esters is 1. The zero-order valence-electron chi connectivity index (χ0n) is 13.4. The lowest BCUT2D eigenvalue weighted by atomic mass is 10.1. The Balaban J connectivity index is 2.29. The molecule has 0 aromatic carbocycles. The molecule has 0 aliphatic heterocycles. The number of carbonyl (C=O) groups is 2. The van der Waals surface area contributed by atoms with Gasteiger partial charge in [-0.15, -0.1) is 11.3 Å². The van der Waals surface area contributed by atoms with E-state index in [9.17, 15) is 9.59 Å². The van der Waals surface area contributed by atoms with Crippen LogP contribution in [0.3, 0.4) is 0 Å². The van der Waals surface area contributed by atoms with E-state index in [1.54, 1.807) is 42.0 Å². The van der Waals surface area contributed by atoms with E-state index >= 15 is 0 Å². The van der Waals surface area contributed by atoms with E-state index < -0.39 is 5.97 Å². The number of ether oxygens (including phenoxy) is 1. The van der Waals surface area contributed by atoms with E-state index in [2.05, 4.69) is 4.98 Å². The van der Waals surface area contributed by atoms with Crippen LogP contribution < -0.4 is 0 Å². The second-order valence-electron chi connectivity index (χ2n) is 5.30. The van der Waals surface area contributed by atoms with Crippen molar-refractivity contribution in [3.63, 3.8) is 0 Å². The third kappa shape index (κ3) is 2.72. The monoisotopic (exact) mass is 362 g/mol. The van der Waals surface area contributed by atoms with Gasteiger partial charge in [0.1, 0.15) is 5.15 Å². The molecule has 0 bridgehead atoms. The molecule has 0 fully saturated rings. The maximum atomic E-state index is 12.1. The fourth-order valence-corrected chi connectivity index (χ4v) is 3.76. The molecule has 0 saturated carbocycles. The topological polar surface area (TPSA) is 61.2 Å². The summed E-state index contributed by atoms with van der Waals surface area (Å²) in [5.41, 5.74) is 1.87. The first-order valence-electron chi connectivity index (χ1n) is 7.35. The normalized spacial score (nSPS) is 11.0. The summed E-state index contributed by atoms with van der Waals surface area (Å²) in [6.07, 6.45) is 0.737. The molecule has 3 aromatic heterocycles. The molecule has 0 N–H and O–H groups in total. The van der Waals surface area contributed by atoms with Gasteiger partial charge < -0.3 is 9.30 Å². The van der Waals surface area contributed by atoms with Crippen LogP contribution in [-0.2, 0) is 11.8 Å². The lowest BCUT2D eigenvalue weighted by Crippen LogP contribution is -2.07. The predicted molar refractivity (Wildman–Crippen MR) is 95.1 cm³/mol. The van der Waals surface area contributed by atoms with E-state index in [4.69, 9.17) is 16.3 Å². The van der Waals surface area contributed by atoms with Crippen LogP contribution in [0, 0.1) is 6.92 Å². The molecule has 0 unspecified atom stereocenters. The highest BCUT2D eigenvalue weighted by Crippen LogP contribution is 2.37. The Bertz CT molecular complexity index is 959. The smallest absolute Gasteiger partial charge is 0.356 e. The first-order valence-corrected chi connectivity index (χ1v) is 8.54. The van der Waals surface area contributed by atoms with Crippen LogP contribution >= 0.6 is 22.9 Å². The summed E-state index contributed by atoms with van der Waals surface area (Å²) in [4.78, 5) is 28.9. The third-order valence-electron chi connectivity index (χ3n) is 3.70. The van der Waals surface area contributed by atoms with E-state index in [1.807, 2.05) is 13.0 Å². The molecular formula is C17H15ClN2O3S. The Kier molecular flexibility index (Phi) is 4.43. The zero-order valence-corrected chi connectivity index (χ0v) is 15.0. The third-order valence-corrected chi connectivity index (χ3v) is 5.15. The Labute approximate surface area is 147 Å². The van der Waals surface area contributed by atoms with Crippen molar-refractivity contribution in [2.45, 2.75) is 13.8 Å². The quantitative estimate of drug-likeness (QED) is 0.514. The van der Waals surface area contributed by atoms with Crippen LogP contribution in [0.2, 0.25) is 5.15 Å². The van der Waals surface area contributed by atoms with Crippen LogP contribution in [0.4, 0.5) is 0 Å². The molecule has 0 saturated heterocycles. The molecule has 0 aliphatic rings. The van der Waals surface area contributed by atoms with Crippen LogP contribution in [0.5, 0.6) is 0 Å². The summed E-state index contributed by atoms with van der Waals surface area (Å²) in [7, 11) is 1.71. The number of rotatable bonds is 4. The summed E-state index contributed by atoms with van der Waals surface area (Å²) < 4.78 is 7.58. The first-order chi connectivity index (χ1) is 11.5. The number of aryl methyl sites for hydroxylation is 1. The number of nitrogens with zero attached hydrogens (tertiary/aromatic N) is 2. The molecule has 24 heavy (non-hydrogen) atoms. The second-order valence-corrected chi connectivity index (χ2v) is 6.94. The van der Waals surface area contributed by atoms with Gasteiger partial charge in [0.05, 0.1) is 18.0 Å². The van der Waals surface area contributed by atoms with Gasteiger partial charge in [0.2, 0.25) is 0 Å². The van der Waals surface area contributed by atoms with Crippen molar-refractivity contribution in [1.29, 1.82) is 0 Å². The zero-order chi connectivity index (χ0) is 17.4. The van der Waals surface area contributed by atoms with Gasteiger partial charge >= 0.3 is 5.97 Å². The highest BCUT2D eigenvalue weighted by Gasteiger charge is 2.20. The van der Waals surface area contributed by atoms with E-state index in [0.29, 0.717) is 22.1 Å². The van der Waals surface area contributed by atoms with Crippen molar-refractivity contribution in [2.24, 2.45) is 7.05 Å². The van der Waals surface area contributed by atoms with Gasteiger partial charge in [-0.1, -0.05) is 11.6 Å². The lowest BCUT2D eigenvalue weighted by molar-refractivity contribution is 0.0520. The molecule has 0 radical (unpaired) electrons. The molecule has 0 spiro atoms. The van der Waals surface area contributed by atoms with Crippen molar-refractivity contribution in [3.05, 3.63) is 39.6 Å². The Morgan fingerprint density at radius 3 is 2.79 bits per heavy atom. The summed E-state index contributed by atoms with van der Waals surface area (Å²) in [6.45, 7) is 4.01. The van der Waals surface area contributed by atoms with E-state index in [-0.39, 0.29) is 12.3 Å². The molecule has 7 heteroatoms. The largest absolute Gasteiger partial charge is 0.461 e. The highest BCUT2D eigenvalue weighted by molar-refractivity contribution is 7.19. The standard InChI is InChI=1S/C17H15ClN2O3S/c1-4-23-17(22)13-7-14-11(5-9(2)24-14)15(19-13)12-6-10(8-21)20(3)16(12)18/h5-8H,4H2,1-3H3. The minimum atomic E-state index is -0.477. The number of hydrogen-bond donors (Lipinski definition) is 0. The van der Waals surface area contributed by atoms with Crippen LogP contribution in [0.15, 0.2) is 18.2 Å². The second kappa shape index (κ2) is 6.37. The van der Waals surface area contributed by atoms with Crippen LogP contribution in [0.25, 0.3) is 21.3 Å². The molecule has 5 nitrogen and oxygen atoms in total. The maximum Gasteiger partial charge on any atom is 0.356 e. The number of aromatic nitrogens is 2. The van der Waals surface area contributed by atoms with Gasteiger partial charge in [0, 0.05) is 27.6 Å². The molecule has 124 valence electrons. The fourth-order valence-electron chi connectivity index (χ4n) is 2.55. The average molecular weight is 363 g/mol. The van der Waals surface area contributed by atoms with E-state index in [0.717, 1.165) is 21.2 Å². The Morgan fingerprint density at radius 2 is 2.17 bits per heavy atom. The summed E-state index contributed by atoms with van der Waals surface area (Å²) >= 11 is 7.94. The van der Waals surface area contributed by atoms with Gasteiger partial charge in [-0.2, -0.15) is 0 Å². The SMILES string of the molecule is CCOC(=O)c1cc2sc(C)cc2c(-c2cc(C=O)n(C)c2Cl)n1. The van der Waals surface area contributed by atoms with Crippen LogP contribution in [0.1, 0.15) is 32.8 Å². The van der Waals surface area contributed by atoms with Crippen molar-refractivity contribution in [3.8, 4) is 11.3 Å². The molecule has 3 aromatic rings. The van der Waals surface area contributed by atoms with E-state index in [1.165, 1.54) is 0 Å². The highest BCUT2D eigenvalue weighted by atomic mass is 35.5. The Hall–Kier alpha value is -2.18. The fraction of sp³-hybridized carbons (Fsp3) is 0.235. The lowest BCUT2D eigenvalue weighted by Gasteiger charge is -2.06. The minimum Gasteiger partial charge on any atom is -0.461 e. The van der Waals surface area contributed by atoms with Crippen molar-refractivity contribution in [2.75, 3.05) is 6.61 Å². The number of fused-ring (bicyclic) bond motifs is 1. The number of pyridine rings is 1. The van der Waals surface area contributed by atoms with Crippen molar-refractivity contribution in [1.82, 2.24) is 9.55 Å². The molecule has 3 rings (SSSR count). The molecule has 0 aliphatic carbocycles. The summed E-state index contributed by atoms with van der Waals surface area (Å²) in [5.74, 6) is -0.477. The first kappa shape index (κ1) is 16.7. The van der Waals surface area contributed by atoms with Gasteiger partial charge in [-0.05, 0) is 32.0 Å². The Morgan fingerprint density at radius 1 is 1.42 bits per heavy atom. The molecule has 3 heterocycles. The van der Waals surface area contributed by atoms with Gasteiger partial charge in [-0.25, -0.2) is 9.78 Å². The number of halogens is 1. The van der Waals surface area contributed by atoms with Crippen LogP contribution in [-0.4, -0.2) is 28.4 Å². The van der Waals surface area contributed by atoms with Crippen molar-refractivity contribution >= 4 is 45.3 Å². The van der Waals surface area contributed by atoms with Crippen molar-refractivity contribution < 1.29 is 14.3 Å². The number of aldehydes is 1. The summed E-state index contributed by atoms with van der Waals surface area (Å²) in [6, 6.07) is 5.41.